The number of ether oxygens (including phenoxy) is 1. The number of nitrogens with one attached hydrogen (secondary N) is 1. The van der Waals surface area contributed by atoms with E-state index in [1.54, 1.807) is 6.20 Å². The first kappa shape index (κ1) is 14.0. The molecule has 3 nitrogen and oxygen atoms in total. The van der Waals surface area contributed by atoms with Gasteiger partial charge in [0.2, 0.25) is 0 Å². The van der Waals surface area contributed by atoms with Crippen LogP contribution in [0.3, 0.4) is 0 Å². The van der Waals surface area contributed by atoms with Crippen LogP contribution in [0.4, 0.5) is 0 Å². The molecule has 1 N–H and O–H groups in total. The first-order chi connectivity index (χ1) is 9.29. The fourth-order valence-corrected chi connectivity index (χ4v) is 2.13. The lowest BCUT2D eigenvalue weighted by Gasteiger charge is -2.12. The topological polar surface area (TPSA) is 34.1 Å². The normalized spacial score (nSPS) is 10.4. The Balaban J connectivity index is 2.06. The SMILES string of the molecule is CCNCc1cc(Br)ccc1OCc1ccccn1. The van der Waals surface area contributed by atoms with Crippen LogP contribution in [0.5, 0.6) is 5.75 Å². The lowest BCUT2D eigenvalue weighted by atomic mass is 10.2. The smallest absolute Gasteiger partial charge is 0.130 e. The summed E-state index contributed by atoms with van der Waals surface area (Å²) in [6.45, 7) is 4.31. The molecule has 0 fully saturated rings. The molecule has 0 aliphatic heterocycles. The maximum absolute atomic E-state index is 5.85. The fraction of sp³-hybridized carbons (Fsp3) is 0.267. The Hall–Kier alpha value is -1.39. The van der Waals surface area contributed by atoms with E-state index in [4.69, 9.17) is 4.74 Å². The van der Waals surface area contributed by atoms with Gasteiger partial charge in [0.15, 0.2) is 0 Å². The van der Waals surface area contributed by atoms with E-state index in [1.165, 1.54) is 0 Å². The minimum atomic E-state index is 0.488. The number of hydrogen-bond donors (Lipinski definition) is 1. The molecular formula is C15H17BrN2O. The zero-order valence-electron chi connectivity index (χ0n) is 10.9. The molecule has 1 heterocycles. The first-order valence-corrected chi connectivity index (χ1v) is 7.10. The van der Waals surface area contributed by atoms with Crippen LogP contribution < -0.4 is 10.1 Å². The number of rotatable bonds is 6. The highest BCUT2D eigenvalue weighted by atomic mass is 79.9. The van der Waals surface area contributed by atoms with Crippen LogP contribution in [0.25, 0.3) is 0 Å². The van der Waals surface area contributed by atoms with E-state index < -0.39 is 0 Å². The molecule has 4 heteroatoms. The van der Waals surface area contributed by atoms with Crippen molar-refractivity contribution in [1.29, 1.82) is 0 Å². The summed E-state index contributed by atoms with van der Waals surface area (Å²) >= 11 is 3.49. The van der Waals surface area contributed by atoms with Gasteiger partial charge in [-0.15, -0.1) is 0 Å². The van der Waals surface area contributed by atoms with Gasteiger partial charge in [0.1, 0.15) is 12.4 Å². The summed E-state index contributed by atoms with van der Waals surface area (Å²) in [5.74, 6) is 0.898. The standard InChI is InChI=1S/C15H17BrN2O/c1-2-17-10-12-9-13(16)6-7-15(12)19-11-14-5-3-4-8-18-14/h3-9,17H,2,10-11H2,1H3. The molecular weight excluding hydrogens is 304 g/mol. The highest BCUT2D eigenvalue weighted by molar-refractivity contribution is 9.10. The molecule has 1 aromatic carbocycles. The largest absolute Gasteiger partial charge is 0.487 e. The maximum Gasteiger partial charge on any atom is 0.130 e. The van der Waals surface area contributed by atoms with Gasteiger partial charge in [-0.05, 0) is 36.9 Å². The van der Waals surface area contributed by atoms with Crippen LogP contribution in [0.15, 0.2) is 47.1 Å². The molecule has 0 unspecified atom stereocenters. The molecule has 0 radical (unpaired) electrons. The van der Waals surface area contributed by atoms with Crippen molar-refractivity contribution >= 4 is 15.9 Å². The van der Waals surface area contributed by atoms with Gasteiger partial charge in [0.25, 0.3) is 0 Å². The second-order valence-electron chi connectivity index (χ2n) is 4.14. The number of benzene rings is 1. The zero-order chi connectivity index (χ0) is 13.5. The van der Waals surface area contributed by atoms with Crippen LogP contribution in [-0.4, -0.2) is 11.5 Å². The molecule has 2 rings (SSSR count). The van der Waals surface area contributed by atoms with Crippen LogP contribution in [0.1, 0.15) is 18.2 Å². The molecule has 0 aliphatic rings. The van der Waals surface area contributed by atoms with E-state index in [-0.39, 0.29) is 0 Å². The Morgan fingerprint density at radius 1 is 1.26 bits per heavy atom. The number of nitrogens with zero attached hydrogens (tertiary/aromatic N) is 1. The summed E-state index contributed by atoms with van der Waals surface area (Å²) in [5.41, 5.74) is 2.08. The quantitative estimate of drug-likeness (QED) is 0.884. The molecule has 0 bridgehead atoms. The summed E-state index contributed by atoms with van der Waals surface area (Å²) in [7, 11) is 0. The van der Waals surface area contributed by atoms with Crippen LogP contribution in [0, 0.1) is 0 Å². The van der Waals surface area contributed by atoms with Crippen molar-refractivity contribution in [2.75, 3.05) is 6.54 Å². The Labute approximate surface area is 122 Å². The monoisotopic (exact) mass is 320 g/mol. The molecule has 100 valence electrons. The van der Waals surface area contributed by atoms with Crippen molar-refractivity contribution < 1.29 is 4.74 Å². The van der Waals surface area contributed by atoms with Crippen LogP contribution >= 0.6 is 15.9 Å². The minimum Gasteiger partial charge on any atom is -0.487 e. The second-order valence-corrected chi connectivity index (χ2v) is 5.06. The van der Waals surface area contributed by atoms with Gasteiger partial charge in [0.05, 0.1) is 5.69 Å². The lowest BCUT2D eigenvalue weighted by molar-refractivity contribution is 0.297. The van der Waals surface area contributed by atoms with E-state index in [2.05, 4.69) is 39.2 Å². The second kappa shape index (κ2) is 7.26. The maximum atomic E-state index is 5.85. The fourth-order valence-electron chi connectivity index (χ4n) is 1.72. The number of pyridine rings is 1. The van der Waals surface area contributed by atoms with E-state index >= 15 is 0 Å². The van der Waals surface area contributed by atoms with E-state index in [0.29, 0.717) is 6.61 Å². The summed E-state index contributed by atoms with van der Waals surface area (Å²) in [6.07, 6.45) is 1.78. The van der Waals surface area contributed by atoms with Crippen molar-refractivity contribution in [1.82, 2.24) is 10.3 Å². The molecule has 0 saturated heterocycles. The summed E-state index contributed by atoms with van der Waals surface area (Å²) in [5, 5.41) is 3.31. The number of halogens is 1. The van der Waals surface area contributed by atoms with Crippen molar-refractivity contribution in [2.45, 2.75) is 20.1 Å². The predicted octanol–water partition coefficient (Wildman–Crippen LogP) is 3.53. The van der Waals surface area contributed by atoms with Gasteiger partial charge in [0, 0.05) is 22.8 Å². The van der Waals surface area contributed by atoms with Gasteiger partial charge in [-0.1, -0.05) is 28.9 Å². The Bertz CT molecular complexity index is 517. The number of hydrogen-bond acceptors (Lipinski definition) is 3. The summed E-state index contributed by atoms with van der Waals surface area (Å²) < 4.78 is 6.91. The summed E-state index contributed by atoms with van der Waals surface area (Å²) in [4.78, 5) is 4.25. The van der Waals surface area contributed by atoms with E-state index in [9.17, 15) is 0 Å². The Morgan fingerprint density at radius 2 is 2.16 bits per heavy atom. The van der Waals surface area contributed by atoms with Gasteiger partial charge in [-0.3, -0.25) is 4.98 Å². The molecule has 0 aliphatic carbocycles. The van der Waals surface area contributed by atoms with E-state index in [0.717, 1.165) is 34.6 Å². The number of aromatic nitrogens is 1. The lowest BCUT2D eigenvalue weighted by Crippen LogP contribution is -2.13. The van der Waals surface area contributed by atoms with Crippen molar-refractivity contribution in [3.63, 3.8) is 0 Å². The molecule has 0 saturated carbocycles. The molecule has 0 atom stereocenters. The van der Waals surface area contributed by atoms with Gasteiger partial charge in [-0.2, -0.15) is 0 Å². The third-order valence-electron chi connectivity index (χ3n) is 2.69. The molecule has 1 aromatic heterocycles. The minimum absolute atomic E-state index is 0.488. The summed E-state index contributed by atoms with van der Waals surface area (Å²) in [6, 6.07) is 11.9. The predicted molar refractivity (Wildman–Crippen MR) is 80.1 cm³/mol. The molecule has 0 amide bonds. The average Bonchev–Trinajstić information content (AvgIpc) is 2.45. The Kier molecular flexibility index (Phi) is 5.36. The molecule has 2 aromatic rings. The third kappa shape index (κ3) is 4.33. The van der Waals surface area contributed by atoms with Gasteiger partial charge >= 0.3 is 0 Å². The van der Waals surface area contributed by atoms with Crippen molar-refractivity contribution in [3.8, 4) is 5.75 Å². The first-order valence-electron chi connectivity index (χ1n) is 6.31. The van der Waals surface area contributed by atoms with Crippen molar-refractivity contribution in [3.05, 3.63) is 58.3 Å². The zero-order valence-corrected chi connectivity index (χ0v) is 12.5. The molecule has 0 spiro atoms. The van der Waals surface area contributed by atoms with E-state index in [1.807, 2.05) is 30.3 Å². The highest BCUT2D eigenvalue weighted by Crippen LogP contribution is 2.23. The van der Waals surface area contributed by atoms with Crippen molar-refractivity contribution in [2.24, 2.45) is 0 Å². The van der Waals surface area contributed by atoms with Gasteiger partial charge < -0.3 is 10.1 Å². The Morgan fingerprint density at radius 3 is 2.89 bits per heavy atom. The third-order valence-corrected chi connectivity index (χ3v) is 3.18. The highest BCUT2D eigenvalue weighted by Gasteiger charge is 2.05. The average molecular weight is 321 g/mol. The molecule has 19 heavy (non-hydrogen) atoms. The van der Waals surface area contributed by atoms with Gasteiger partial charge in [-0.25, -0.2) is 0 Å². The van der Waals surface area contributed by atoms with Crippen LogP contribution in [-0.2, 0) is 13.2 Å². The van der Waals surface area contributed by atoms with Crippen LogP contribution in [0.2, 0.25) is 0 Å².